The van der Waals surface area contributed by atoms with Crippen molar-refractivity contribution >= 4 is 16.8 Å². The van der Waals surface area contributed by atoms with Gasteiger partial charge in [0.05, 0.1) is 13.0 Å². The van der Waals surface area contributed by atoms with E-state index in [0.29, 0.717) is 0 Å². The quantitative estimate of drug-likeness (QED) is 0.704. The fraction of sp³-hybridized carbons (Fsp3) is 0.150. The molecular weight excluding hydrogens is 319 g/mol. The van der Waals surface area contributed by atoms with Crippen molar-refractivity contribution < 1.29 is 13.9 Å². The van der Waals surface area contributed by atoms with E-state index in [4.69, 9.17) is 4.74 Å². The van der Waals surface area contributed by atoms with Crippen LogP contribution in [0.3, 0.4) is 0 Å². The second-order valence-corrected chi connectivity index (χ2v) is 5.39. The number of halogens is 1. The summed E-state index contributed by atoms with van der Waals surface area (Å²) in [4.78, 5) is 15.1. The minimum absolute atomic E-state index is 0.0687. The Balaban J connectivity index is 1.43. The van der Waals surface area contributed by atoms with Crippen LogP contribution in [0.15, 0.2) is 54.7 Å². The van der Waals surface area contributed by atoms with Crippen LogP contribution in [0.5, 0.6) is 5.75 Å². The molecule has 3 aromatic rings. The monoisotopic (exact) mass is 336 g/mol. The Morgan fingerprint density at radius 2 is 1.92 bits per heavy atom. The van der Waals surface area contributed by atoms with Crippen molar-refractivity contribution in [3.05, 3.63) is 66.1 Å². The summed E-state index contributed by atoms with van der Waals surface area (Å²) in [5.41, 5.74) is 1.96. The SMILES string of the molecule is O=C(Cc1c[nH]c2ccccc12)NCC#CCOc1ccccc1F. The molecule has 3 rings (SSSR count). The average Bonchev–Trinajstić information content (AvgIpc) is 3.02. The van der Waals surface area contributed by atoms with Gasteiger partial charge < -0.3 is 15.0 Å². The van der Waals surface area contributed by atoms with Crippen molar-refractivity contribution in [1.82, 2.24) is 10.3 Å². The molecule has 1 aromatic heterocycles. The number of nitrogens with one attached hydrogen (secondary N) is 2. The van der Waals surface area contributed by atoms with Gasteiger partial charge in [-0.2, -0.15) is 0 Å². The van der Waals surface area contributed by atoms with E-state index in [0.717, 1.165) is 16.5 Å². The topological polar surface area (TPSA) is 54.1 Å². The number of carbonyl (C=O) groups excluding carboxylic acids is 1. The molecule has 2 N–H and O–H groups in total. The van der Waals surface area contributed by atoms with Gasteiger partial charge in [0, 0.05) is 17.1 Å². The van der Waals surface area contributed by atoms with Gasteiger partial charge >= 0.3 is 0 Å². The van der Waals surface area contributed by atoms with E-state index in [1.807, 2.05) is 30.5 Å². The zero-order valence-corrected chi connectivity index (χ0v) is 13.5. The molecule has 0 aliphatic heterocycles. The van der Waals surface area contributed by atoms with E-state index >= 15 is 0 Å². The minimum Gasteiger partial charge on any atom is -0.478 e. The Morgan fingerprint density at radius 1 is 1.12 bits per heavy atom. The average molecular weight is 336 g/mol. The summed E-state index contributed by atoms with van der Waals surface area (Å²) >= 11 is 0. The third-order valence-electron chi connectivity index (χ3n) is 3.66. The van der Waals surface area contributed by atoms with Gasteiger partial charge in [0.25, 0.3) is 0 Å². The lowest BCUT2D eigenvalue weighted by Gasteiger charge is -2.02. The van der Waals surface area contributed by atoms with Gasteiger partial charge in [-0.25, -0.2) is 4.39 Å². The number of amides is 1. The molecule has 0 bridgehead atoms. The summed E-state index contributed by atoms with van der Waals surface area (Å²) in [7, 11) is 0. The maximum Gasteiger partial charge on any atom is 0.225 e. The van der Waals surface area contributed by atoms with Gasteiger partial charge in [0.2, 0.25) is 5.91 Å². The highest BCUT2D eigenvalue weighted by molar-refractivity contribution is 5.88. The summed E-state index contributed by atoms with van der Waals surface area (Å²) in [5, 5.41) is 3.78. The number of fused-ring (bicyclic) bond motifs is 1. The molecule has 0 atom stereocenters. The molecule has 0 radical (unpaired) electrons. The second kappa shape index (κ2) is 8.02. The zero-order valence-electron chi connectivity index (χ0n) is 13.5. The molecule has 2 aromatic carbocycles. The molecule has 0 aliphatic rings. The molecule has 0 saturated carbocycles. The Bertz CT molecular complexity index is 937. The van der Waals surface area contributed by atoms with Crippen molar-refractivity contribution in [2.45, 2.75) is 6.42 Å². The molecule has 5 heteroatoms. The van der Waals surface area contributed by atoms with Gasteiger partial charge in [-0.1, -0.05) is 42.2 Å². The molecule has 1 heterocycles. The first-order valence-electron chi connectivity index (χ1n) is 7.89. The highest BCUT2D eigenvalue weighted by Crippen LogP contribution is 2.18. The van der Waals surface area contributed by atoms with Gasteiger partial charge in [-0.15, -0.1) is 0 Å². The predicted octanol–water partition coefficient (Wildman–Crippen LogP) is 3.05. The predicted molar refractivity (Wildman–Crippen MR) is 94.7 cm³/mol. The standard InChI is InChI=1S/C20H17FN2O2/c21-17-8-2-4-10-19(17)25-12-6-5-11-22-20(24)13-15-14-23-18-9-3-1-7-16(15)18/h1-4,7-10,14,23H,11-13H2,(H,22,24). The first-order chi connectivity index (χ1) is 12.2. The number of hydrogen-bond acceptors (Lipinski definition) is 2. The number of aromatic amines is 1. The smallest absolute Gasteiger partial charge is 0.225 e. The Morgan fingerprint density at radius 3 is 2.80 bits per heavy atom. The molecule has 0 unspecified atom stereocenters. The van der Waals surface area contributed by atoms with E-state index in [1.54, 1.807) is 18.2 Å². The van der Waals surface area contributed by atoms with Crippen molar-refractivity contribution in [2.75, 3.05) is 13.2 Å². The first-order valence-corrected chi connectivity index (χ1v) is 7.89. The lowest BCUT2D eigenvalue weighted by Crippen LogP contribution is -2.25. The molecule has 126 valence electrons. The van der Waals surface area contributed by atoms with Crippen LogP contribution in [0, 0.1) is 17.7 Å². The summed E-state index contributed by atoms with van der Waals surface area (Å²) in [6.07, 6.45) is 2.13. The molecule has 4 nitrogen and oxygen atoms in total. The highest BCUT2D eigenvalue weighted by atomic mass is 19.1. The number of para-hydroxylation sites is 2. The van der Waals surface area contributed by atoms with E-state index in [1.165, 1.54) is 6.07 Å². The second-order valence-electron chi connectivity index (χ2n) is 5.39. The maximum atomic E-state index is 13.3. The third-order valence-corrected chi connectivity index (χ3v) is 3.66. The number of rotatable bonds is 5. The summed E-state index contributed by atoms with van der Waals surface area (Å²) in [6.45, 7) is 0.293. The maximum absolute atomic E-state index is 13.3. The number of aromatic nitrogens is 1. The van der Waals surface area contributed by atoms with Crippen molar-refractivity contribution in [2.24, 2.45) is 0 Å². The minimum atomic E-state index is -0.420. The molecule has 25 heavy (non-hydrogen) atoms. The van der Waals surface area contributed by atoms with E-state index in [9.17, 15) is 9.18 Å². The van der Waals surface area contributed by atoms with E-state index in [-0.39, 0.29) is 31.2 Å². The highest BCUT2D eigenvalue weighted by Gasteiger charge is 2.07. The first kappa shape index (κ1) is 16.6. The van der Waals surface area contributed by atoms with E-state index < -0.39 is 5.82 Å². The summed E-state index contributed by atoms with van der Waals surface area (Å²) in [6, 6.07) is 14.0. The fourth-order valence-electron chi connectivity index (χ4n) is 2.45. The van der Waals surface area contributed by atoms with Crippen LogP contribution in [-0.2, 0) is 11.2 Å². The Hall–Kier alpha value is -3.26. The molecule has 0 fully saturated rings. The lowest BCUT2D eigenvalue weighted by atomic mass is 10.1. The normalized spacial score (nSPS) is 10.1. The fourth-order valence-corrected chi connectivity index (χ4v) is 2.45. The van der Waals surface area contributed by atoms with Gasteiger partial charge in [0.15, 0.2) is 11.6 Å². The van der Waals surface area contributed by atoms with Crippen LogP contribution in [0.1, 0.15) is 5.56 Å². The van der Waals surface area contributed by atoms with Crippen LogP contribution in [-0.4, -0.2) is 24.0 Å². The van der Waals surface area contributed by atoms with Crippen molar-refractivity contribution in [3.8, 4) is 17.6 Å². The summed E-state index contributed by atoms with van der Waals surface area (Å²) in [5.74, 6) is 5.17. The third kappa shape index (κ3) is 4.39. The van der Waals surface area contributed by atoms with Gasteiger partial charge in [0.1, 0.15) is 6.61 Å². The molecule has 0 saturated heterocycles. The van der Waals surface area contributed by atoms with Gasteiger partial charge in [-0.05, 0) is 23.8 Å². The van der Waals surface area contributed by atoms with Crippen LogP contribution in [0.2, 0.25) is 0 Å². The number of carbonyl (C=O) groups is 1. The number of ether oxygens (including phenoxy) is 1. The molecule has 0 aliphatic carbocycles. The van der Waals surface area contributed by atoms with Gasteiger partial charge in [-0.3, -0.25) is 4.79 Å². The van der Waals surface area contributed by atoms with Crippen LogP contribution in [0.4, 0.5) is 4.39 Å². The van der Waals surface area contributed by atoms with Crippen molar-refractivity contribution in [1.29, 1.82) is 0 Å². The lowest BCUT2D eigenvalue weighted by molar-refractivity contribution is -0.120. The van der Waals surface area contributed by atoms with Crippen LogP contribution in [0.25, 0.3) is 10.9 Å². The molecular formula is C20H17FN2O2. The molecule has 1 amide bonds. The van der Waals surface area contributed by atoms with Crippen LogP contribution >= 0.6 is 0 Å². The van der Waals surface area contributed by atoms with E-state index in [2.05, 4.69) is 22.1 Å². The van der Waals surface area contributed by atoms with Crippen LogP contribution < -0.4 is 10.1 Å². The van der Waals surface area contributed by atoms with Crippen molar-refractivity contribution in [3.63, 3.8) is 0 Å². The Kier molecular flexibility index (Phi) is 5.32. The summed E-state index contributed by atoms with van der Waals surface area (Å²) < 4.78 is 18.5. The number of hydrogen-bond donors (Lipinski definition) is 2. The largest absolute Gasteiger partial charge is 0.478 e. The Labute approximate surface area is 145 Å². The molecule has 0 spiro atoms. The zero-order chi connectivity index (χ0) is 17.5. The number of benzene rings is 2. The number of H-pyrrole nitrogens is 1.